The summed E-state index contributed by atoms with van der Waals surface area (Å²) in [6.07, 6.45) is 0.0958. The molecule has 1 N–H and O–H groups in total. The quantitative estimate of drug-likeness (QED) is 0.688. The molecule has 1 aromatic carbocycles. The Morgan fingerprint density at radius 3 is 2.11 bits per heavy atom. The Hall–Kier alpha value is -2.37. The molecule has 1 aromatic rings. The number of aromatic carboxylic acids is 1. The second-order valence-corrected chi connectivity index (χ2v) is 3.64. The summed E-state index contributed by atoms with van der Waals surface area (Å²) >= 11 is 0. The standard InChI is InChI=1S/C12H13NO5/c14-10(2-1-3-11(15)16)13-9-6-4-8(5-7-9)12(17)18/h4-7H,1-3H2,(H,13,14)(H,15,16)(H,17,18)/p-2. The first kappa shape index (κ1) is 13.7. The van der Waals surface area contributed by atoms with E-state index < -0.39 is 11.9 Å². The molecule has 6 nitrogen and oxygen atoms in total. The fourth-order valence-electron chi connectivity index (χ4n) is 1.31. The lowest BCUT2D eigenvalue weighted by atomic mass is 10.2. The molecule has 0 bridgehead atoms. The predicted octanol–water partition coefficient (Wildman–Crippen LogP) is -1.09. The summed E-state index contributed by atoms with van der Waals surface area (Å²) in [4.78, 5) is 32.0. The summed E-state index contributed by atoms with van der Waals surface area (Å²) in [5, 5.41) is 23.1. The number of hydrogen-bond acceptors (Lipinski definition) is 5. The highest BCUT2D eigenvalue weighted by atomic mass is 16.4. The third-order valence-electron chi connectivity index (χ3n) is 2.19. The summed E-state index contributed by atoms with van der Waals surface area (Å²) in [6, 6.07) is 5.49. The lowest BCUT2D eigenvalue weighted by Gasteiger charge is -2.07. The molecule has 0 spiro atoms. The molecule has 0 aliphatic carbocycles. The number of carboxylic acids is 2. The molecule has 6 heteroatoms. The maximum absolute atomic E-state index is 11.4. The summed E-state index contributed by atoms with van der Waals surface area (Å²) in [5.41, 5.74) is 0.461. The Balaban J connectivity index is 2.44. The van der Waals surface area contributed by atoms with Gasteiger partial charge in [0.1, 0.15) is 0 Å². The highest BCUT2D eigenvalue weighted by molar-refractivity contribution is 5.92. The number of aliphatic carboxylic acids is 1. The van der Waals surface area contributed by atoms with Crippen LogP contribution in [0.5, 0.6) is 0 Å². The fraction of sp³-hybridized carbons (Fsp3) is 0.250. The zero-order chi connectivity index (χ0) is 13.5. The lowest BCUT2D eigenvalue weighted by molar-refractivity contribution is -0.305. The van der Waals surface area contributed by atoms with E-state index in [1.165, 1.54) is 24.3 Å². The normalized spacial score (nSPS) is 9.78. The average Bonchev–Trinajstić information content (AvgIpc) is 2.29. The van der Waals surface area contributed by atoms with Gasteiger partial charge >= 0.3 is 0 Å². The summed E-state index contributed by atoms with van der Waals surface area (Å²) in [7, 11) is 0. The van der Waals surface area contributed by atoms with Gasteiger partial charge in [-0.25, -0.2) is 0 Å². The summed E-state index contributed by atoms with van der Waals surface area (Å²) in [6.45, 7) is 0. The molecule has 0 aromatic heterocycles. The van der Waals surface area contributed by atoms with E-state index in [1.54, 1.807) is 0 Å². The van der Waals surface area contributed by atoms with Crippen molar-refractivity contribution in [1.29, 1.82) is 0 Å². The molecule has 1 rings (SSSR count). The van der Waals surface area contributed by atoms with Gasteiger partial charge in [-0.15, -0.1) is 0 Å². The maximum atomic E-state index is 11.4. The van der Waals surface area contributed by atoms with E-state index in [0.717, 1.165) is 0 Å². The predicted molar refractivity (Wildman–Crippen MR) is 58.3 cm³/mol. The van der Waals surface area contributed by atoms with Crippen LogP contribution in [0.2, 0.25) is 0 Å². The Kier molecular flexibility index (Phi) is 4.86. The highest BCUT2D eigenvalue weighted by Crippen LogP contribution is 2.10. The largest absolute Gasteiger partial charge is 0.550 e. The Labute approximate surface area is 103 Å². The minimum Gasteiger partial charge on any atom is -0.550 e. The maximum Gasteiger partial charge on any atom is 0.224 e. The molecule has 0 heterocycles. The van der Waals surface area contributed by atoms with Gasteiger partial charge in [0.2, 0.25) is 5.91 Å². The Morgan fingerprint density at radius 1 is 1.00 bits per heavy atom. The molecule has 0 atom stereocenters. The van der Waals surface area contributed by atoms with Crippen LogP contribution < -0.4 is 15.5 Å². The molecule has 1 amide bonds. The number of anilines is 1. The third-order valence-corrected chi connectivity index (χ3v) is 2.19. The fourth-order valence-corrected chi connectivity index (χ4v) is 1.31. The second kappa shape index (κ2) is 6.39. The molecule has 0 unspecified atom stereocenters. The topological polar surface area (TPSA) is 109 Å². The van der Waals surface area contributed by atoms with Crippen LogP contribution in [0.1, 0.15) is 29.6 Å². The van der Waals surface area contributed by atoms with E-state index >= 15 is 0 Å². The van der Waals surface area contributed by atoms with Crippen molar-refractivity contribution in [3.63, 3.8) is 0 Å². The van der Waals surface area contributed by atoms with Gasteiger partial charge in [-0.3, -0.25) is 4.79 Å². The van der Waals surface area contributed by atoms with Crippen LogP contribution in [0.4, 0.5) is 5.69 Å². The molecule has 96 valence electrons. The second-order valence-electron chi connectivity index (χ2n) is 3.64. The van der Waals surface area contributed by atoms with Gasteiger partial charge in [0.25, 0.3) is 0 Å². The minimum atomic E-state index is -1.29. The zero-order valence-corrected chi connectivity index (χ0v) is 9.47. The van der Waals surface area contributed by atoms with E-state index in [1.807, 2.05) is 0 Å². The van der Waals surface area contributed by atoms with Crippen molar-refractivity contribution in [2.45, 2.75) is 19.3 Å². The number of carbonyl (C=O) groups is 3. The van der Waals surface area contributed by atoms with E-state index in [0.29, 0.717) is 5.69 Å². The van der Waals surface area contributed by atoms with E-state index in [-0.39, 0.29) is 30.7 Å². The van der Waals surface area contributed by atoms with Gasteiger partial charge in [0, 0.05) is 18.1 Å². The molecule has 0 aliphatic heterocycles. The Morgan fingerprint density at radius 2 is 1.61 bits per heavy atom. The molecule has 0 radical (unpaired) electrons. The Bertz CT molecular complexity index is 452. The third kappa shape index (κ3) is 4.65. The van der Waals surface area contributed by atoms with Gasteiger partial charge in [-0.05, 0) is 30.5 Å². The van der Waals surface area contributed by atoms with Crippen LogP contribution in [-0.2, 0) is 9.59 Å². The first-order chi connectivity index (χ1) is 8.49. The van der Waals surface area contributed by atoms with Crippen molar-refractivity contribution in [2.75, 3.05) is 5.32 Å². The van der Waals surface area contributed by atoms with E-state index in [2.05, 4.69) is 5.32 Å². The highest BCUT2D eigenvalue weighted by Gasteiger charge is 2.02. The number of carbonyl (C=O) groups excluding carboxylic acids is 3. The van der Waals surface area contributed by atoms with E-state index in [9.17, 15) is 24.6 Å². The average molecular weight is 249 g/mol. The van der Waals surface area contributed by atoms with Gasteiger partial charge in [-0.2, -0.15) is 0 Å². The number of rotatable bonds is 6. The number of nitrogens with one attached hydrogen (secondary N) is 1. The number of carboxylic acid groups (broad SMARTS) is 2. The lowest BCUT2D eigenvalue weighted by Crippen LogP contribution is -2.22. The van der Waals surface area contributed by atoms with Crippen LogP contribution in [0.3, 0.4) is 0 Å². The number of benzene rings is 1. The smallest absolute Gasteiger partial charge is 0.224 e. The van der Waals surface area contributed by atoms with E-state index in [4.69, 9.17) is 0 Å². The molecule has 0 fully saturated rings. The molecule has 0 saturated carbocycles. The molecular formula is C12H11NO5-2. The first-order valence-corrected chi connectivity index (χ1v) is 5.30. The summed E-state index contributed by atoms with van der Waals surface area (Å²) < 4.78 is 0. The van der Waals surface area contributed by atoms with Gasteiger partial charge in [0.15, 0.2) is 0 Å². The van der Waals surface area contributed by atoms with Crippen molar-refractivity contribution in [1.82, 2.24) is 0 Å². The van der Waals surface area contributed by atoms with Crippen molar-refractivity contribution in [3.8, 4) is 0 Å². The van der Waals surface area contributed by atoms with Crippen LogP contribution in [0, 0.1) is 0 Å². The van der Waals surface area contributed by atoms with Crippen molar-refractivity contribution in [2.24, 2.45) is 0 Å². The number of amides is 1. The summed E-state index contributed by atoms with van der Waals surface area (Å²) in [5.74, 6) is -2.82. The molecule has 0 saturated heterocycles. The number of hydrogen-bond donors (Lipinski definition) is 1. The van der Waals surface area contributed by atoms with Gasteiger partial charge in [0.05, 0.1) is 5.97 Å². The molecule has 0 aliphatic rings. The van der Waals surface area contributed by atoms with Crippen molar-refractivity contribution in [3.05, 3.63) is 29.8 Å². The molecule has 18 heavy (non-hydrogen) atoms. The van der Waals surface area contributed by atoms with Crippen LogP contribution >= 0.6 is 0 Å². The zero-order valence-electron chi connectivity index (χ0n) is 9.47. The first-order valence-electron chi connectivity index (χ1n) is 5.30. The van der Waals surface area contributed by atoms with Crippen LogP contribution in [-0.4, -0.2) is 17.8 Å². The van der Waals surface area contributed by atoms with Crippen LogP contribution in [0.25, 0.3) is 0 Å². The molecular weight excluding hydrogens is 238 g/mol. The SMILES string of the molecule is O=C([O-])CCCC(=O)Nc1ccc(C(=O)[O-])cc1. The monoisotopic (exact) mass is 249 g/mol. The van der Waals surface area contributed by atoms with Crippen molar-refractivity contribution >= 4 is 23.5 Å². The van der Waals surface area contributed by atoms with Crippen LogP contribution in [0.15, 0.2) is 24.3 Å². The van der Waals surface area contributed by atoms with Gasteiger partial charge in [-0.1, -0.05) is 12.1 Å². The van der Waals surface area contributed by atoms with Gasteiger partial charge < -0.3 is 25.1 Å². The minimum absolute atomic E-state index is 0.0185. The van der Waals surface area contributed by atoms with Crippen molar-refractivity contribution < 1.29 is 24.6 Å².